The Labute approximate surface area is 155 Å². The van der Waals surface area contributed by atoms with E-state index in [2.05, 4.69) is 23.7 Å². The average molecular weight is 382 g/mol. The Bertz CT molecular complexity index is 548. The Hall–Kier alpha value is -0.650. The van der Waals surface area contributed by atoms with E-state index >= 15 is 0 Å². The third-order valence-corrected chi connectivity index (χ3v) is 4.31. The van der Waals surface area contributed by atoms with Gasteiger partial charge in [-0.2, -0.15) is 0 Å². The molecule has 0 saturated carbocycles. The quantitative estimate of drug-likeness (QED) is 0.804. The third kappa shape index (κ3) is 4.68. The standard InChI is InChI=1S/C16H21ClN2O2.2ClH/c1-11(2)7-14(19-5-3-18-4-6-19)12-8-15-16(9-13(12)17)21-10-20-15;;/h8-9,14,18H,1,3-7,10H2,2H3;2*1H/t14-;;/m0../s1. The number of nitrogens with one attached hydrogen (secondary N) is 1. The van der Waals surface area contributed by atoms with Crippen molar-refractivity contribution in [3.05, 3.63) is 34.9 Å². The molecular weight excluding hydrogens is 359 g/mol. The van der Waals surface area contributed by atoms with Gasteiger partial charge in [-0.3, -0.25) is 4.90 Å². The molecule has 0 aromatic heterocycles. The minimum atomic E-state index is 0. The second-order valence-electron chi connectivity index (χ2n) is 5.69. The van der Waals surface area contributed by atoms with Crippen molar-refractivity contribution in [1.29, 1.82) is 0 Å². The molecule has 0 bridgehead atoms. The van der Waals surface area contributed by atoms with Gasteiger partial charge in [-0.05, 0) is 25.0 Å². The van der Waals surface area contributed by atoms with Gasteiger partial charge in [0.25, 0.3) is 0 Å². The Kier molecular flexibility index (Phi) is 7.98. The van der Waals surface area contributed by atoms with Crippen LogP contribution in [0.1, 0.15) is 24.9 Å². The first-order valence-corrected chi connectivity index (χ1v) is 7.71. The number of halogens is 3. The molecule has 0 unspecified atom stereocenters. The van der Waals surface area contributed by atoms with E-state index in [4.69, 9.17) is 21.1 Å². The van der Waals surface area contributed by atoms with Crippen molar-refractivity contribution < 1.29 is 9.47 Å². The summed E-state index contributed by atoms with van der Waals surface area (Å²) < 4.78 is 10.9. The normalized spacial score (nSPS) is 17.8. The van der Waals surface area contributed by atoms with E-state index in [1.54, 1.807) is 0 Å². The molecule has 2 aliphatic heterocycles. The Morgan fingerprint density at radius 2 is 1.87 bits per heavy atom. The van der Waals surface area contributed by atoms with Gasteiger partial charge in [0, 0.05) is 43.3 Å². The summed E-state index contributed by atoms with van der Waals surface area (Å²) in [5, 5.41) is 4.13. The highest BCUT2D eigenvalue weighted by Crippen LogP contribution is 2.41. The van der Waals surface area contributed by atoms with E-state index < -0.39 is 0 Å². The number of piperazine rings is 1. The highest BCUT2D eigenvalue weighted by Gasteiger charge is 2.27. The predicted molar refractivity (Wildman–Crippen MR) is 98.7 cm³/mol. The van der Waals surface area contributed by atoms with Gasteiger partial charge in [-0.1, -0.05) is 17.2 Å². The van der Waals surface area contributed by atoms with Crippen LogP contribution in [0.25, 0.3) is 0 Å². The molecule has 0 spiro atoms. The maximum absolute atomic E-state index is 6.50. The lowest BCUT2D eigenvalue weighted by molar-refractivity contribution is 0.170. The van der Waals surface area contributed by atoms with Gasteiger partial charge in [0.05, 0.1) is 0 Å². The van der Waals surface area contributed by atoms with Crippen LogP contribution in [0, 0.1) is 0 Å². The molecule has 1 N–H and O–H groups in total. The van der Waals surface area contributed by atoms with E-state index in [0.717, 1.165) is 60.3 Å². The van der Waals surface area contributed by atoms with Crippen molar-refractivity contribution in [3.8, 4) is 11.5 Å². The molecule has 4 nitrogen and oxygen atoms in total. The molecule has 0 amide bonds. The second-order valence-corrected chi connectivity index (χ2v) is 6.10. The maximum atomic E-state index is 6.50. The van der Waals surface area contributed by atoms with E-state index in [1.807, 2.05) is 12.1 Å². The molecule has 0 aliphatic carbocycles. The summed E-state index contributed by atoms with van der Waals surface area (Å²) in [4.78, 5) is 2.47. The smallest absolute Gasteiger partial charge is 0.231 e. The molecule has 2 aliphatic rings. The zero-order valence-electron chi connectivity index (χ0n) is 13.1. The number of rotatable bonds is 4. The summed E-state index contributed by atoms with van der Waals surface area (Å²) in [6, 6.07) is 4.14. The van der Waals surface area contributed by atoms with Crippen molar-refractivity contribution >= 4 is 36.4 Å². The van der Waals surface area contributed by atoms with Crippen LogP contribution < -0.4 is 14.8 Å². The van der Waals surface area contributed by atoms with Gasteiger partial charge in [0.15, 0.2) is 11.5 Å². The number of benzene rings is 1. The zero-order chi connectivity index (χ0) is 14.8. The van der Waals surface area contributed by atoms with E-state index in [0.29, 0.717) is 0 Å². The molecule has 2 heterocycles. The number of ether oxygens (including phenoxy) is 2. The third-order valence-electron chi connectivity index (χ3n) is 3.99. The number of nitrogens with zero attached hydrogens (tertiary/aromatic N) is 1. The molecule has 1 atom stereocenters. The lowest BCUT2D eigenvalue weighted by atomic mass is 9.97. The van der Waals surface area contributed by atoms with Crippen LogP contribution in [0.2, 0.25) is 5.02 Å². The first kappa shape index (κ1) is 20.4. The fourth-order valence-electron chi connectivity index (χ4n) is 2.95. The van der Waals surface area contributed by atoms with Crippen LogP contribution in [-0.2, 0) is 0 Å². The number of hydrogen-bond donors (Lipinski definition) is 1. The van der Waals surface area contributed by atoms with Crippen LogP contribution in [0.15, 0.2) is 24.3 Å². The fraction of sp³-hybridized carbons (Fsp3) is 0.500. The van der Waals surface area contributed by atoms with Crippen LogP contribution in [0.4, 0.5) is 0 Å². The minimum absolute atomic E-state index is 0. The summed E-state index contributed by atoms with van der Waals surface area (Å²) in [5.41, 5.74) is 2.26. The number of hydrogen-bond acceptors (Lipinski definition) is 4. The van der Waals surface area contributed by atoms with Crippen LogP contribution >= 0.6 is 36.4 Å². The Balaban J connectivity index is 0.00000132. The molecule has 3 rings (SSSR count). The Morgan fingerprint density at radius 3 is 2.48 bits per heavy atom. The topological polar surface area (TPSA) is 33.7 Å². The van der Waals surface area contributed by atoms with Crippen molar-refractivity contribution in [2.24, 2.45) is 0 Å². The molecule has 1 saturated heterocycles. The average Bonchev–Trinajstić information content (AvgIpc) is 2.92. The van der Waals surface area contributed by atoms with Crippen LogP contribution in [0.5, 0.6) is 11.5 Å². The Morgan fingerprint density at radius 1 is 1.26 bits per heavy atom. The van der Waals surface area contributed by atoms with Gasteiger partial charge in [-0.15, -0.1) is 31.4 Å². The highest BCUT2D eigenvalue weighted by atomic mass is 35.5. The van der Waals surface area contributed by atoms with Crippen molar-refractivity contribution in [2.75, 3.05) is 33.0 Å². The second kappa shape index (κ2) is 9.00. The summed E-state index contributed by atoms with van der Waals surface area (Å²) in [6.45, 7) is 10.5. The lowest BCUT2D eigenvalue weighted by Gasteiger charge is -2.36. The zero-order valence-corrected chi connectivity index (χ0v) is 15.5. The first-order valence-electron chi connectivity index (χ1n) is 7.33. The van der Waals surface area contributed by atoms with Gasteiger partial charge in [-0.25, -0.2) is 0 Å². The van der Waals surface area contributed by atoms with Crippen molar-refractivity contribution in [2.45, 2.75) is 19.4 Å². The van der Waals surface area contributed by atoms with Crippen molar-refractivity contribution in [1.82, 2.24) is 10.2 Å². The van der Waals surface area contributed by atoms with Gasteiger partial charge >= 0.3 is 0 Å². The summed E-state index contributed by atoms with van der Waals surface area (Å²) in [7, 11) is 0. The molecule has 7 heteroatoms. The van der Waals surface area contributed by atoms with E-state index in [1.165, 1.54) is 0 Å². The first-order chi connectivity index (χ1) is 10.1. The van der Waals surface area contributed by atoms with E-state index in [9.17, 15) is 0 Å². The molecule has 23 heavy (non-hydrogen) atoms. The van der Waals surface area contributed by atoms with Gasteiger partial charge < -0.3 is 14.8 Å². The molecule has 130 valence electrons. The summed E-state index contributed by atoms with van der Waals surface area (Å²) >= 11 is 6.50. The van der Waals surface area contributed by atoms with E-state index in [-0.39, 0.29) is 37.6 Å². The molecule has 1 aromatic rings. The molecule has 1 fully saturated rings. The maximum Gasteiger partial charge on any atom is 0.231 e. The van der Waals surface area contributed by atoms with Gasteiger partial charge in [0.1, 0.15) is 0 Å². The fourth-order valence-corrected chi connectivity index (χ4v) is 3.23. The highest BCUT2D eigenvalue weighted by molar-refractivity contribution is 6.31. The lowest BCUT2D eigenvalue weighted by Crippen LogP contribution is -2.45. The summed E-state index contributed by atoms with van der Waals surface area (Å²) in [5.74, 6) is 1.52. The van der Waals surface area contributed by atoms with Crippen molar-refractivity contribution in [3.63, 3.8) is 0 Å². The molecule has 0 radical (unpaired) electrons. The largest absolute Gasteiger partial charge is 0.454 e. The minimum Gasteiger partial charge on any atom is -0.454 e. The molecule has 1 aromatic carbocycles. The molecular formula is C16H23Cl3N2O2. The number of fused-ring (bicyclic) bond motifs is 1. The SMILES string of the molecule is C=C(C)C[C@@H](c1cc2c(cc1Cl)OCO2)N1CCNCC1.Cl.Cl. The summed E-state index contributed by atoms with van der Waals surface area (Å²) in [6.07, 6.45) is 0.902. The monoisotopic (exact) mass is 380 g/mol. The van der Waals surface area contributed by atoms with Crippen LogP contribution in [-0.4, -0.2) is 37.9 Å². The van der Waals surface area contributed by atoms with Crippen LogP contribution in [0.3, 0.4) is 0 Å². The van der Waals surface area contributed by atoms with Gasteiger partial charge in [0.2, 0.25) is 6.79 Å². The predicted octanol–water partition coefficient (Wildman–Crippen LogP) is 3.82.